The van der Waals surface area contributed by atoms with Crippen LogP contribution in [0.5, 0.6) is 0 Å². The number of ether oxygens (including phenoxy) is 1. The number of anilines is 1. The Bertz CT molecular complexity index is 916. The van der Waals surface area contributed by atoms with Gasteiger partial charge in [0.25, 0.3) is 5.91 Å². The quantitative estimate of drug-likeness (QED) is 0.730. The van der Waals surface area contributed by atoms with E-state index >= 15 is 0 Å². The summed E-state index contributed by atoms with van der Waals surface area (Å²) in [6, 6.07) is 14.6. The van der Waals surface area contributed by atoms with Crippen molar-refractivity contribution >= 4 is 35.1 Å². The molecule has 6 nitrogen and oxygen atoms in total. The van der Waals surface area contributed by atoms with Gasteiger partial charge in [-0.2, -0.15) is 0 Å². The van der Waals surface area contributed by atoms with Crippen molar-refractivity contribution in [2.45, 2.75) is 26.3 Å². The molecule has 0 aromatic heterocycles. The predicted molar refractivity (Wildman–Crippen MR) is 110 cm³/mol. The summed E-state index contributed by atoms with van der Waals surface area (Å²) in [5.41, 5.74) is 2.42. The SMILES string of the molecule is Cc1cc(Cl)ccc1NC(=O)COC(=O)[C@H]1CC(=O)N([C@@H](C)c2ccccc2)C1. The van der Waals surface area contributed by atoms with Gasteiger partial charge in [-0.05, 0) is 43.2 Å². The lowest BCUT2D eigenvalue weighted by Gasteiger charge is -2.25. The highest BCUT2D eigenvalue weighted by Gasteiger charge is 2.38. The molecule has 1 aliphatic rings. The monoisotopic (exact) mass is 414 g/mol. The van der Waals surface area contributed by atoms with E-state index < -0.39 is 24.4 Å². The number of carbonyl (C=O) groups is 3. The molecule has 152 valence electrons. The number of hydrogen-bond donors (Lipinski definition) is 1. The van der Waals surface area contributed by atoms with Crippen molar-refractivity contribution in [2.24, 2.45) is 5.92 Å². The highest BCUT2D eigenvalue weighted by molar-refractivity contribution is 6.30. The van der Waals surface area contributed by atoms with E-state index in [1.165, 1.54) is 0 Å². The van der Waals surface area contributed by atoms with Crippen LogP contribution in [-0.4, -0.2) is 35.8 Å². The van der Waals surface area contributed by atoms with Gasteiger partial charge in [-0.3, -0.25) is 14.4 Å². The number of rotatable bonds is 6. The summed E-state index contributed by atoms with van der Waals surface area (Å²) < 4.78 is 5.15. The third kappa shape index (κ3) is 5.15. The first-order chi connectivity index (χ1) is 13.8. The van der Waals surface area contributed by atoms with E-state index in [2.05, 4.69) is 5.32 Å². The molecule has 0 spiro atoms. The van der Waals surface area contributed by atoms with E-state index in [1.54, 1.807) is 23.1 Å². The average molecular weight is 415 g/mol. The number of esters is 1. The third-order valence-electron chi connectivity index (χ3n) is 5.05. The van der Waals surface area contributed by atoms with Gasteiger partial charge < -0.3 is 15.0 Å². The molecule has 0 radical (unpaired) electrons. The molecular formula is C22H23ClN2O4. The fourth-order valence-electron chi connectivity index (χ4n) is 3.38. The second-order valence-electron chi connectivity index (χ2n) is 7.15. The Morgan fingerprint density at radius 3 is 2.66 bits per heavy atom. The van der Waals surface area contributed by atoms with Crippen LogP contribution in [0.1, 0.15) is 30.5 Å². The van der Waals surface area contributed by atoms with Crippen LogP contribution in [0.15, 0.2) is 48.5 Å². The fraction of sp³-hybridized carbons (Fsp3) is 0.318. The second-order valence-corrected chi connectivity index (χ2v) is 7.59. The highest BCUT2D eigenvalue weighted by Crippen LogP contribution is 2.29. The van der Waals surface area contributed by atoms with Gasteiger partial charge in [0.05, 0.1) is 12.0 Å². The molecule has 1 N–H and O–H groups in total. The van der Waals surface area contributed by atoms with E-state index in [0.29, 0.717) is 10.7 Å². The van der Waals surface area contributed by atoms with Crippen LogP contribution in [0.25, 0.3) is 0 Å². The summed E-state index contributed by atoms with van der Waals surface area (Å²) in [7, 11) is 0. The summed E-state index contributed by atoms with van der Waals surface area (Å²) >= 11 is 5.90. The maximum atomic E-state index is 12.4. The Labute approximate surface area is 174 Å². The molecule has 0 saturated carbocycles. The molecule has 0 bridgehead atoms. The van der Waals surface area contributed by atoms with E-state index in [9.17, 15) is 14.4 Å². The summed E-state index contributed by atoms with van der Waals surface area (Å²) in [5.74, 6) is -1.64. The molecule has 2 atom stereocenters. The van der Waals surface area contributed by atoms with E-state index in [1.807, 2.05) is 44.2 Å². The molecule has 2 aromatic carbocycles. The number of benzene rings is 2. The molecule has 3 rings (SSSR count). The molecule has 1 fully saturated rings. The smallest absolute Gasteiger partial charge is 0.311 e. The second kappa shape index (κ2) is 9.09. The maximum absolute atomic E-state index is 12.4. The maximum Gasteiger partial charge on any atom is 0.311 e. The number of halogens is 1. The van der Waals surface area contributed by atoms with Crippen LogP contribution in [0, 0.1) is 12.8 Å². The summed E-state index contributed by atoms with van der Waals surface area (Å²) in [4.78, 5) is 38.5. The van der Waals surface area contributed by atoms with Crippen molar-refractivity contribution in [3.8, 4) is 0 Å². The van der Waals surface area contributed by atoms with Crippen LogP contribution in [-0.2, 0) is 19.1 Å². The summed E-state index contributed by atoms with van der Waals surface area (Å²) in [6.45, 7) is 3.63. The standard InChI is InChI=1S/C22H23ClN2O4/c1-14-10-18(23)8-9-19(14)24-20(26)13-29-22(28)17-11-21(27)25(12-17)15(2)16-6-4-3-5-7-16/h3-10,15,17H,11-13H2,1-2H3,(H,24,26)/t15-,17-/m0/s1. The van der Waals surface area contributed by atoms with Gasteiger partial charge in [0, 0.05) is 23.7 Å². The van der Waals surface area contributed by atoms with Crippen LogP contribution in [0.4, 0.5) is 5.69 Å². The van der Waals surface area contributed by atoms with Gasteiger partial charge in [-0.1, -0.05) is 41.9 Å². The number of aryl methyl sites for hydroxylation is 1. The van der Waals surface area contributed by atoms with Gasteiger partial charge in [-0.25, -0.2) is 0 Å². The number of hydrogen-bond acceptors (Lipinski definition) is 4. The van der Waals surface area contributed by atoms with Gasteiger partial charge in [0.1, 0.15) is 0 Å². The number of likely N-dealkylation sites (tertiary alicyclic amines) is 1. The molecule has 29 heavy (non-hydrogen) atoms. The highest BCUT2D eigenvalue weighted by atomic mass is 35.5. The minimum absolute atomic E-state index is 0.0912. The molecule has 0 unspecified atom stereocenters. The molecule has 0 aliphatic carbocycles. The van der Waals surface area contributed by atoms with Gasteiger partial charge in [0.15, 0.2) is 6.61 Å². The summed E-state index contributed by atoms with van der Waals surface area (Å²) in [6.07, 6.45) is 0.0912. The summed E-state index contributed by atoms with van der Waals surface area (Å²) in [5, 5.41) is 3.26. The minimum Gasteiger partial charge on any atom is -0.455 e. The van der Waals surface area contributed by atoms with Gasteiger partial charge in [0.2, 0.25) is 5.91 Å². The molecule has 1 saturated heterocycles. The first-order valence-electron chi connectivity index (χ1n) is 9.42. The lowest BCUT2D eigenvalue weighted by atomic mass is 10.1. The number of amides is 2. The fourth-order valence-corrected chi connectivity index (χ4v) is 3.61. The van der Waals surface area contributed by atoms with Crippen molar-refractivity contribution < 1.29 is 19.1 Å². The van der Waals surface area contributed by atoms with Crippen LogP contribution >= 0.6 is 11.6 Å². The normalized spacial score (nSPS) is 17.1. The molecular weight excluding hydrogens is 392 g/mol. The first kappa shape index (κ1) is 20.9. The van der Waals surface area contributed by atoms with E-state index in [0.717, 1.165) is 11.1 Å². The Hall–Kier alpha value is -2.86. The van der Waals surface area contributed by atoms with Crippen molar-refractivity contribution in [3.05, 3.63) is 64.7 Å². The third-order valence-corrected chi connectivity index (χ3v) is 5.28. The number of carbonyl (C=O) groups excluding carboxylic acids is 3. The molecule has 1 aliphatic heterocycles. The van der Waals surface area contributed by atoms with Crippen LogP contribution in [0.3, 0.4) is 0 Å². The lowest BCUT2D eigenvalue weighted by Crippen LogP contribution is -2.30. The molecule has 2 amide bonds. The number of nitrogens with one attached hydrogen (secondary N) is 1. The molecule has 7 heteroatoms. The van der Waals surface area contributed by atoms with Crippen molar-refractivity contribution in [1.82, 2.24) is 4.90 Å². The van der Waals surface area contributed by atoms with E-state index in [4.69, 9.17) is 16.3 Å². The van der Waals surface area contributed by atoms with Crippen LogP contribution < -0.4 is 5.32 Å². The topological polar surface area (TPSA) is 75.7 Å². The minimum atomic E-state index is -0.571. The van der Waals surface area contributed by atoms with Gasteiger partial charge in [-0.15, -0.1) is 0 Å². The van der Waals surface area contributed by atoms with Gasteiger partial charge >= 0.3 is 5.97 Å². The molecule has 1 heterocycles. The van der Waals surface area contributed by atoms with Crippen molar-refractivity contribution in [1.29, 1.82) is 0 Å². The lowest BCUT2D eigenvalue weighted by molar-refractivity contribution is -0.151. The Morgan fingerprint density at radius 2 is 1.97 bits per heavy atom. The van der Waals surface area contributed by atoms with Crippen molar-refractivity contribution in [2.75, 3.05) is 18.5 Å². The van der Waals surface area contributed by atoms with Crippen molar-refractivity contribution in [3.63, 3.8) is 0 Å². The Morgan fingerprint density at radius 1 is 1.24 bits per heavy atom. The average Bonchev–Trinajstić information content (AvgIpc) is 3.10. The largest absolute Gasteiger partial charge is 0.455 e. The zero-order chi connectivity index (χ0) is 21.0. The number of nitrogens with zero attached hydrogens (tertiary/aromatic N) is 1. The van der Waals surface area contributed by atoms with Crippen LogP contribution in [0.2, 0.25) is 5.02 Å². The zero-order valence-electron chi connectivity index (χ0n) is 16.4. The van der Waals surface area contributed by atoms with E-state index in [-0.39, 0.29) is 24.9 Å². The first-order valence-corrected chi connectivity index (χ1v) is 9.80. The predicted octanol–water partition coefficient (Wildman–Crippen LogP) is 3.74. The Kier molecular flexibility index (Phi) is 6.54. The molecule has 2 aromatic rings. The zero-order valence-corrected chi connectivity index (χ0v) is 17.1. The Balaban J connectivity index is 1.52.